The molecule has 0 amide bonds. The third kappa shape index (κ3) is 2.47. The molecule has 6 nitrogen and oxygen atoms in total. The van der Waals surface area contributed by atoms with E-state index in [-0.39, 0.29) is 11.6 Å². The van der Waals surface area contributed by atoms with Gasteiger partial charge in [-0.3, -0.25) is 9.80 Å². The minimum Gasteiger partial charge on any atom is -0.270 e. The van der Waals surface area contributed by atoms with Gasteiger partial charge in [0.05, 0.1) is 22.6 Å². The second-order valence-corrected chi connectivity index (χ2v) is 7.31. The molecule has 2 unspecified atom stereocenters. The van der Waals surface area contributed by atoms with Crippen molar-refractivity contribution in [1.82, 2.24) is 9.66 Å². The molecule has 2 aromatic carbocycles. The number of nitrogens with zero attached hydrogens (tertiary/aromatic N) is 5. The molecule has 2 fully saturated rings. The Balaban J connectivity index is 1.60. The van der Waals surface area contributed by atoms with Gasteiger partial charge in [-0.1, -0.05) is 36.8 Å². The SMILES string of the molecule is Cc1nc2ccccc2c(=O)n1N1C2CCCCC21N=Nc1ccccc1. The standard InChI is InChI=1S/C21H21N5O/c1-15-22-18-12-6-5-11-17(18)20(27)25(15)26-19-13-7-8-14-21(19,26)24-23-16-9-3-2-4-10-16/h2-6,9-12,19H,7-8,13-14H2,1H3. The molecule has 0 N–H and O–H groups in total. The fourth-order valence-corrected chi connectivity index (χ4v) is 4.33. The highest BCUT2D eigenvalue weighted by Gasteiger charge is 2.66. The number of hydrogen-bond acceptors (Lipinski definition) is 5. The van der Waals surface area contributed by atoms with Crippen molar-refractivity contribution in [1.29, 1.82) is 0 Å². The molecule has 0 bridgehead atoms. The van der Waals surface area contributed by atoms with Crippen molar-refractivity contribution in [3.05, 3.63) is 70.8 Å². The van der Waals surface area contributed by atoms with Crippen LogP contribution in [0.25, 0.3) is 10.9 Å². The lowest BCUT2D eigenvalue weighted by molar-refractivity contribution is 0.449. The van der Waals surface area contributed by atoms with Crippen molar-refractivity contribution in [2.24, 2.45) is 10.2 Å². The fourth-order valence-electron chi connectivity index (χ4n) is 4.33. The van der Waals surface area contributed by atoms with Gasteiger partial charge in [-0.05, 0) is 50.5 Å². The van der Waals surface area contributed by atoms with E-state index >= 15 is 0 Å². The number of aryl methyl sites for hydroxylation is 1. The van der Waals surface area contributed by atoms with Crippen LogP contribution in [-0.2, 0) is 0 Å². The monoisotopic (exact) mass is 359 g/mol. The summed E-state index contributed by atoms with van der Waals surface area (Å²) in [6.45, 7) is 1.89. The number of azo groups is 1. The van der Waals surface area contributed by atoms with Gasteiger partial charge >= 0.3 is 0 Å². The van der Waals surface area contributed by atoms with E-state index in [2.05, 4.69) is 15.1 Å². The average molecular weight is 359 g/mol. The molecule has 1 saturated carbocycles. The minimum absolute atomic E-state index is 0.0261. The summed E-state index contributed by atoms with van der Waals surface area (Å²) in [4.78, 5) is 17.9. The Morgan fingerprint density at radius 3 is 2.70 bits per heavy atom. The van der Waals surface area contributed by atoms with E-state index in [4.69, 9.17) is 5.11 Å². The molecule has 0 spiro atoms. The molecule has 0 radical (unpaired) electrons. The Hall–Kier alpha value is -3.02. The molecule has 3 aromatic rings. The van der Waals surface area contributed by atoms with Crippen LogP contribution in [-0.4, -0.2) is 21.4 Å². The first kappa shape index (κ1) is 16.2. The van der Waals surface area contributed by atoms with Crippen molar-refractivity contribution in [3.63, 3.8) is 0 Å². The second-order valence-electron chi connectivity index (χ2n) is 7.31. The quantitative estimate of drug-likeness (QED) is 0.523. The van der Waals surface area contributed by atoms with Crippen LogP contribution in [0.4, 0.5) is 5.69 Å². The van der Waals surface area contributed by atoms with Crippen molar-refractivity contribution in [2.45, 2.75) is 44.3 Å². The highest BCUT2D eigenvalue weighted by molar-refractivity contribution is 5.77. The Bertz CT molecular complexity index is 1090. The van der Waals surface area contributed by atoms with Crippen LogP contribution in [0, 0.1) is 6.92 Å². The first-order valence-corrected chi connectivity index (χ1v) is 9.47. The van der Waals surface area contributed by atoms with Gasteiger partial charge < -0.3 is 0 Å². The average Bonchev–Trinajstić information content (AvgIpc) is 3.36. The van der Waals surface area contributed by atoms with Gasteiger partial charge in [0, 0.05) is 0 Å². The topological polar surface area (TPSA) is 62.6 Å². The predicted molar refractivity (Wildman–Crippen MR) is 105 cm³/mol. The molecule has 136 valence electrons. The van der Waals surface area contributed by atoms with E-state index in [9.17, 15) is 4.79 Å². The fraction of sp³-hybridized carbons (Fsp3) is 0.333. The summed E-state index contributed by atoms with van der Waals surface area (Å²) in [5.41, 5.74) is 1.12. The molecule has 6 heteroatoms. The van der Waals surface area contributed by atoms with Crippen molar-refractivity contribution < 1.29 is 0 Å². The molecular formula is C21H21N5O. The van der Waals surface area contributed by atoms with Gasteiger partial charge in [0.2, 0.25) is 0 Å². The minimum atomic E-state index is -0.424. The Labute approximate surface area is 157 Å². The number of benzene rings is 2. The number of rotatable bonds is 3. The number of fused-ring (bicyclic) bond motifs is 2. The van der Waals surface area contributed by atoms with E-state index in [1.807, 2.05) is 61.5 Å². The van der Waals surface area contributed by atoms with Crippen molar-refractivity contribution in [3.8, 4) is 0 Å². The van der Waals surface area contributed by atoms with Crippen LogP contribution in [0.2, 0.25) is 0 Å². The smallest absolute Gasteiger partial charge is 0.270 e. The Morgan fingerprint density at radius 1 is 1.07 bits per heavy atom. The molecular weight excluding hydrogens is 338 g/mol. The van der Waals surface area contributed by atoms with Gasteiger partial charge in [-0.2, -0.15) is 10.2 Å². The molecule has 2 aliphatic rings. The van der Waals surface area contributed by atoms with Crippen molar-refractivity contribution >= 4 is 16.6 Å². The zero-order chi connectivity index (χ0) is 18.4. The zero-order valence-corrected chi connectivity index (χ0v) is 15.2. The summed E-state index contributed by atoms with van der Waals surface area (Å²) in [5, 5.41) is 12.0. The molecule has 5 rings (SSSR count). The molecule has 1 saturated heterocycles. The third-order valence-electron chi connectivity index (χ3n) is 5.66. The molecule has 1 aromatic heterocycles. The van der Waals surface area contributed by atoms with Crippen LogP contribution in [0.15, 0.2) is 69.6 Å². The van der Waals surface area contributed by atoms with E-state index in [0.29, 0.717) is 11.2 Å². The number of hydrogen-bond donors (Lipinski definition) is 0. The first-order chi connectivity index (χ1) is 13.2. The van der Waals surface area contributed by atoms with Crippen LogP contribution in [0.3, 0.4) is 0 Å². The summed E-state index contributed by atoms with van der Waals surface area (Å²) in [6, 6.07) is 17.5. The van der Waals surface area contributed by atoms with Gasteiger partial charge in [0.1, 0.15) is 5.82 Å². The normalized spacial score (nSPS) is 24.3. The van der Waals surface area contributed by atoms with E-state index < -0.39 is 5.66 Å². The van der Waals surface area contributed by atoms with Crippen LogP contribution in [0.1, 0.15) is 31.5 Å². The second kappa shape index (κ2) is 6.01. The number of para-hydroxylation sites is 1. The summed E-state index contributed by atoms with van der Waals surface area (Å²) < 4.78 is 1.72. The van der Waals surface area contributed by atoms with Gasteiger partial charge in [-0.15, -0.1) is 0 Å². The van der Waals surface area contributed by atoms with Crippen LogP contribution in [0.5, 0.6) is 0 Å². The molecule has 2 heterocycles. The van der Waals surface area contributed by atoms with Crippen molar-refractivity contribution in [2.75, 3.05) is 5.01 Å². The largest absolute Gasteiger partial charge is 0.280 e. The summed E-state index contributed by atoms with van der Waals surface area (Å²) in [7, 11) is 0. The highest BCUT2D eigenvalue weighted by atomic mass is 16.1. The van der Waals surface area contributed by atoms with Gasteiger partial charge in [-0.25, -0.2) is 9.66 Å². The maximum Gasteiger partial charge on any atom is 0.280 e. The first-order valence-electron chi connectivity index (χ1n) is 9.47. The summed E-state index contributed by atoms with van der Waals surface area (Å²) in [5.74, 6) is 0.697. The lowest BCUT2D eigenvalue weighted by Gasteiger charge is -2.17. The highest BCUT2D eigenvalue weighted by Crippen LogP contribution is 2.50. The Morgan fingerprint density at radius 2 is 1.85 bits per heavy atom. The maximum absolute atomic E-state index is 13.2. The van der Waals surface area contributed by atoms with E-state index in [1.165, 1.54) is 0 Å². The molecule has 2 atom stereocenters. The number of aromatic nitrogens is 2. The lowest BCUT2D eigenvalue weighted by atomic mass is 9.96. The van der Waals surface area contributed by atoms with Crippen LogP contribution < -0.4 is 10.6 Å². The zero-order valence-electron chi connectivity index (χ0n) is 15.2. The predicted octanol–water partition coefficient (Wildman–Crippen LogP) is 4.08. The summed E-state index contributed by atoms with van der Waals surface area (Å²) in [6.07, 6.45) is 4.17. The summed E-state index contributed by atoms with van der Waals surface area (Å²) >= 11 is 0. The third-order valence-corrected chi connectivity index (χ3v) is 5.66. The maximum atomic E-state index is 13.2. The van der Waals surface area contributed by atoms with E-state index in [0.717, 1.165) is 36.9 Å². The molecule has 1 aliphatic heterocycles. The van der Waals surface area contributed by atoms with Crippen LogP contribution >= 0.6 is 0 Å². The van der Waals surface area contributed by atoms with Gasteiger partial charge in [0.25, 0.3) is 5.56 Å². The lowest BCUT2D eigenvalue weighted by Crippen LogP contribution is -2.36. The molecule has 27 heavy (non-hydrogen) atoms. The van der Waals surface area contributed by atoms with E-state index in [1.54, 1.807) is 4.68 Å². The molecule has 1 aliphatic carbocycles. The van der Waals surface area contributed by atoms with Gasteiger partial charge in [0.15, 0.2) is 5.66 Å². The Kier molecular flexibility index (Phi) is 3.60.